The zero-order chi connectivity index (χ0) is 48.5. The number of rotatable bonds is 4. The van der Waals surface area contributed by atoms with Crippen molar-refractivity contribution in [3.05, 3.63) is 172 Å². The summed E-state index contributed by atoms with van der Waals surface area (Å²) < 4.78 is 2.70. The van der Waals surface area contributed by atoms with E-state index in [1.807, 2.05) is 0 Å². The van der Waals surface area contributed by atoms with Crippen LogP contribution in [0, 0.1) is 17.8 Å². The van der Waals surface area contributed by atoms with E-state index in [-0.39, 0.29) is 39.8 Å². The van der Waals surface area contributed by atoms with Crippen LogP contribution in [-0.4, -0.2) is 17.3 Å². The Morgan fingerprint density at radius 1 is 0.609 bits per heavy atom. The number of nitrogens with zero attached hydrogens (tertiary/aromatic N) is 3. The molecule has 3 nitrogen and oxygen atoms in total. The lowest BCUT2D eigenvalue weighted by Gasteiger charge is -2.50. The number of anilines is 5. The number of aromatic nitrogens is 1. The second-order valence-corrected chi connectivity index (χ2v) is 25.4. The van der Waals surface area contributed by atoms with E-state index < -0.39 is 0 Å². The first-order chi connectivity index (χ1) is 32.6. The normalized spacial score (nSPS) is 19.2. The minimum absolute atomic E-state index is 0.0548. The van der Waals surface area contributed by atoms with Gasteiger partial charge in [-0.3, -0.25) is 0 Å². The first-order valence-corrected chi connectivity index (χ1v) is 25.9. The highest BCUT2D eigenvalue weighted by molar-refractivity contribution is 7.00. The minimum Gasteiger partial charge on any atom is -0.335 e. The van der Waals surface area contributed by atoms with Gasteiger partial charge in [0.05, 0.1) is 11.7 Å². The van der Waals surface area contributed by atoms with Gasteiger partial charge in [-0.25, -0.2) is 0 Å². The maximum absolute atomic E-state index is 2.82. The molecule has 2 aliphatic heterocycles. The summed E-state index contributed by atoms with van der Waals surface area (Å²) in [6.45, 7) is 33.5. The van der Waals surface area contributed by atoms with E-state index in [9.17, 15) is 0 Å². The number of aryl methyl sites for hydroxylation is 1. The Labute approximate surface area is 413 Å². The quantitative estimate of drug-likeness (QED) is 0.163. The Bertz CT molecular complexity index is 3320. The first-order valence-electron chi connectivity index (χ1n) is 25.9. The topological polar surface area (TPSA) is 11.4 Å². The third kappa shape index (κ3) is 6.38. The summed E-state index contributed by atoms with van der Waals surface area (Å²) in [6, 6.07) is 47.8. The third-order valence-corrected chi connectivity index (χ3v) is 17.6. The molecule has 1 atom stereocenters. The lowest BCUT2D eigenvalue weighted by molar-refractivity contribution is 0.255. The van der Waals surface area contributed by atoms with Crippen molar-refractivity contribution in [3.8, 4) is 16.9 Å². The van der Waals surface area contributed by atoms with Gasteiger partial charge in [-0.05, 0) is 153 Å². The number of para-hydroxylation sites is 1. The standard InChI is InChI=1S/C65H70BN3/c1-39-34-55-58-56(35-39)69-59-47(57-60(69)46-18-15-16-20-48(46)65(57,13)14)19-17-21-52(59)66(58)51-31-30-45(37-54(51)68(55)53-38-50-49(36-40(53)2)63(9,10)32-33-64(50,11)12)67(43-26-22-41(23-27-43)61(3,4)5)44-28-24-42(25-29-44)62(6,7)8/h15-31,34-37,53H,32-33,38H2,1-14H3. The zero-order valence-corrected chi connectivity index (χ0v) is 43.7. The van der Waals surface area contributed by atoms with Crippen LogP contribution >= 0.6 is 0 Å². The summed E-state index contributed by atoms with van der Waals surface area (Å²) in [4.78, 5) is 5.33. The van der Waals surface area contributed by atoms with E-state index in [0.29, 0.717) is 0 Å². The molecule has 6 aromatic carbocycles. The molecule has 3 heterocycles. The van der Waals surface area contributed by atoms with Crippen LogP contribution in [0.3, 0.4) is 0 Å². The summed E-state index contributed by atoms with van der Waals surface area (Å²) in [5, 5.41) is 1.38. The van der Waals surface area contributed by atoms with Gasteiger partial charge in [0.15, 0.2) is 0 Å². The maximum Gasteiger partial charge on any atom is 0.252 e. The van der Waals surface area contributed by atoms with Gasteiger partial charge in [0.1, 0.15) is 0 Å². The van der Waals surface area contributed by atoms with E-state index in [1.165, 1.54) is 119 Å². The fraction of sp³-hybridized carbons (Fsp3) is 0.354. The van der Waals surface area contributed by atoms with Gasteiger partial charge in [-0.2, -0.15) is 0 Å². The number of hydrogen-bond donors (Lipinski definition) is 0. The summed E-state index contributed by atoms with van der Waals surface area (Å²) in [5.41, 5.74) is 27.6. The minimum atomic E-state index is -0.130. The molecule has 1 unspecified atom stereocenters. The van der Waals surface area contributed by atoms with E-state index >= 15 is 0 Å². The van der Waals surface area contributed by atoms with Crippen molar-refractivity contribution < 1.29 is 0 Å². The Morgan fingerprint density at radius 2 is 1.22 bits per heavy atom. The summed E-state index contributed by atoms with van der Waals surface area (Å²) in [7, 11) is 0. The van der Waals surface area contributed by atoms with E-state index in [1.54, 1.807) is 11.1 Å². The van der Waals surface area contributed by atoms with Gasteiger partial charge in [0.2, 0.25) is 0 Å². The lowest BCUT2D eigenvalue weighted by atomic mass is 9.33. The molecule has 0 radical (unpaired) electrons. The zero-order valence-electron chi connectivity index (χ0n) is 43.7. The summed E-state index contributed by atoms with van der Waals surface area (Å²) >= 11 is 0. The van der Waals surface area contributed by atoms with Crippen molar-refractivity contribution in [3.63, 3.8) is 0 Å². The highest BCUT2D eigenvalue weighted by Crippen LogP contribution is 2.57. The van der Waals surface area contributed by atoms with Crippen LogP contribution in [0.2, 0.25) is 0 Å². The fourth-order valence-corrected chi connectivity index (χ4v) is 13.6. The highest BCUT2D eigenvalue weighted by Gasteiger charge is 2.49. The molecule has 5 aliphatic rings. The molecule has 0 spiro atoms. The maximum atomic E-state index is 2.82. The smallest absolute Gasteiger partial charge is 0.252 e. The Morgan fingerprint density at radius 3 is 1.87 bits per heavy atom. The van der Waals surface area contributed by atoms with E-state index in [4.69, 9.17) is 0 Å². The van der Waals surface area contributed by atoms with Crippen LogP contribution < -0.4 is 26.2 Å². The van der Waals surface area contributed by atoms with Gasteiger partial charge >= 0.3 is 0 Å². The van der Waals surface area contributed by atoms with E-state index in [0.717, 1.165) is 6.42 Å². The van der Waals surface area contributed by atoms with Gasteiger partial charge < -0.3 is 14.4 Å². The predicted molar refractivity (Wildman–Crippen MR) is 297 cm³/mol. The molecule has 7 aromatic rings. The third-order valence-electron chi connectivity index (χ3n) is 17.6. The number of hydrogen-bond acceptors (Lipinski definition) is 2. The number of allylic oxidation sites excluding steroid dienone is 2. The molecule has 0 bridgehead atoms. The molecule has 1 aromatic heterocycles. The van der Waals surface area contributed by atoms with Crippen molar-refractivity contribution in [1.29, 1.82) is 0 Å². The summed E-state index contributed by atoms with van der Waals surface area (Å²) in [5.74, 6) is 0. The average Bonchev–Trinajstić information content (AvgIpc) is 3.77. The fourth-order valence-electron chi connectivity index (χ4n) is 13.6. The molecule has 0 saturated heterocycles. The van der Waals surface area contributed by atoms with Crippen LogP contribution in [0.4, 0.5) is 28.4 Å². The molecule has 12 rings (SSSR count). The second kappa shape index (κ2) is 14.5. The van der Waals surface area contributed by atoms with Crippen molar-refractivity contribution in [2.45, 2.75) is 138 Å². The molecule has 0 saturated carbocycles. The lowest BCUT2D eigenvalue weighted by Crippen LogP contribution is -2.62. The van der Waals surface area contributed by atoms with Gasteiger partial charge in [-0.15, -0.1) is 0 Å². The molecule has 0 fully saturated rings. The second-order valence-electron chi connectivity index (χ2n) is 25.4. The number of fused-ring (bicyclic) bond motifs is 9. The predicted octanol–water partition coefficient (Wildman–Crippen LogP) is 15.5. The molecule has 0 amide bonds. The van der Waals surface area contributed by atoms with Crippen LogP contribution in [0.15, 0.2) is 144 Å². The van der Waals surface area contributed by atoms with Crippen molar-refractivity contribution in [1.82, 2.24) is 4.57 Å². The summed E-state index contributed by atoms with van der Waals surface area (Å²) in [6.07, 6.45) is 6.06. The van der Waals surface area contributed by atoms with Crippen LogP contribution in [-0.2, 0) is 16.2 Å². The van der Waals surface area contributed by atoms with E-state index in [2.05, 4.69) is 239 Å². The van der Waals surface area contributed by atoms with Crippen LogP contribution in [0.1, 0.15) is 137 Å². The molecule has 4 heteroatoms. The highest BCUT2D eigenvalue weighted by atomic mass is 15.2. The monoisotopic (exact) mass is 904 g/mol. The molecule has 3 aliphatic carbocycles. The molecule has 348 valence electrons. The largest absolute Gasteiger partial charge is 0.335 e. The number of benzene rings is 6. The Kier molecular flexibility index (Phi) is 9.32. The van der Waals surface area contributed by atoms with Gasteiger partial charge in [0.25, 0.3) is 6.71 Å². The average molecular weight is 904 g/mol. The van der Waals surface area contributed by atoms with Crippen molar-refractivity contribution in [2.24, 2.45) is 10.8 Å². The Hall–Kier alpha value is -6.00. The SMILES string of the molecule is CC1=CC2=C(CC1N1c3cc(N(c4ccc(C(C)(C)C)cc4)c4ccc(C(C)(C)C)cc4)ccc3B3c4c1cc(C)cc4-n1c4c(c5cccc3c51)C(C)(C)c1ccccc1-4)C(C)(C)CCC2(C)C. The molecular formula is C65H70BN3. The molecule has 69 heavy (non-hydrogen) atoms. The van der Waals surface area contributed by atoms with Crippen LogP contribution in [0.25, 0.3) is 27.8 Å². The Balaban J connectivity index is 1.14. The molecule has 0 N–H and O–H groups in total. The van der Waals surface area contributed by atoms with Gasteiger partial charge in [-0.1, -0.05) is 173 Å². The van der Waals surface area contributed by atoms with Crippen molar-refractivity contribution >= 4 is 62.4 Å². The van der Waals surface area contributed by atoms with Crippen LogP contribution in [0.5, 0.6) is 0 Å². The first kappa shape index (κ1) is 44.2. The van der Waals surface area contributed by atoms with Gasteiger partial charge in [0, 0.05) is 56.0 Å². The molecular weight excluding hydrogens is 834 g/mol. The van der Waals surface area contributed by atoms with Crippen molar-refractivity contribution in [2.75, 3.05) is 9.80 Å².